The molecule has 1 fully saturated rings. The lowest BCUT2D eigenvalue weighted by atomic mass is 9.79. The number of halogens is 1. The largest absolute Gasteiger partial charge is 0.324 e. The van der Waals surface area contributed by atoms with Crippen LogP contribution in [0.4, 0.5) is 0 Å². The van der Waals surface area contributed by atoms with Crippen molar-refractivity contribution in [3.05, 3.63) is 60.2 Å². The van der Waals surface area contributed by atoms with Crippen molar-refractivity contribution in [1.82, 2.24) is 0 Å². The van der Waals surface area contributed by atoms with E-state index in [1.807, 2.05) is 0 Å². The second-order valence-corrected chi connectivity index (χ2v) is 7.43. The summed E-state index contributed by atoms with van der Waals surface area (Å²) in [6, 6.07) is 20.3. The molecule has 1 aliphatic rings. The lowest BCUT2D eigenvalue weighted by Gasteiger charge is -2.29. The molecule has 0 amide bonds. The molecule has 2 heteroatoms. The third kappa shape index (κ3) is 2.58. The van der Waals surface area contributed by atoms with Crippen LogP contribution in [0.1, 0.15) is 43.7 Å². The zero-order valence-electron chi connectivity index (χ0n) is 14.4. The molecule has 1 saturated carbocycles. The van der Waals surface area contributed by atoms with E-state index in [1.165, 1.54) is 70.0 Å². The van der Waals surface area contributed by atoms with Gasteiger partial charge in [0.25, 0.3) is 0 Å². The molecular weight excluding hydrogens is 326 g/mol. The molecular formula is C23H24ClN. The van der Waals surface area contributed by atoms with E-state index in [0.717, 1.165) is 0 Å². The summed E-state index contributed by atoms with van der Waals surface area (Å²) in [7, 11) is 0. The molecule has 1 nitrogen and oxygen atoms in total. The topological polar surface area (TPSA) is 26.0 Å². The van der Waals surface area contributed by atoms with Crippen molar-refractivity contribution < 1.29 is 0 Å². The molecule has 4 aromatic rings. The van der Waals surface area contributed by atoms with Gasteiger partial charge in [-0.05, 0) is 56.6 Å². The molecule has 0 aromatic heterocycles. The van der Waals surface area contributed by atoms with Crippen LogP contribution in [0.25, 0.3) is 32.3 Å². The molecule has 0 heterocycles. The molecule has 2 N–H and O–H groups in total. The lowest BCUT2D eigenvalue weighted by Crippen LogP contribution is -2.23. The first-order valence-corrected chi connectivity index (χ1v) is 9.25. The van der Waals surface area contributed by atoms with Gasteiger partial charge < -0.3 is 5.73 Å². The molecule has 25 heavy (non-hydrogen) atoms. The summed E-state index contributed by atoms with van der Waals surface area (Å²) in [6.07, 6.45) is 6.61. The molecule has 1 aliphatic carbocycles. The van der Waals surface area contributed by atoms with Gasteiger partial charge in [-0.3, -0.25) is 0 Å². The Morgan fingerprint density at radius 3 is 2.04 bits per heavy atom. The Morgan fingerprint density at radius 2 is 1.32 bits per heavy atom. The summed E-state index contributed by atoms with van der Waals surface area (Å²) in [4.78, 5) is 0. The fourth-order valence-corrected chi connectivity index (χ4v) is 4.80. The highest BCUT2D eigenvalue weighted by molar-refractivity contribution is 6.23. The van der Waals surface area contributed by atoms with Gasteiger partial charge in [-0.1, -0.05) is 73.9 Å². The number of hydrogen-bond donors (Lipinski definition) is 1. The van der Waals surface area contributed by atoms with Crippen LogP contribution in [0.5, 0.6) is 0 Å². The van der Waals surface area contributed by atoms with Crippen molar-refractivity contribution in [3.8, 4) is 0 Å². The van der Waals surface area contributed by atoms with Crippen molar-refractivity contribution >= 4 is 44.7 Å². The van der Waals surface area contributed by atoms with Crippen LogP contribution in [0.3, 0.4) is 0 Å². The maximum atomic E-state index is 6.77. The summed E-state index contributed by atoms with van der Waals surface area (Å²) < 4.78 is 0. The molecule has 0 spiro atoms. The van der Waals surface area contributed by atoms with E-state index in [-0.39, 0.29) is 18.4 Å². The summed E-state index contributed by atoms with van der Waals surface area (Å²) in [5, 5.41) is 8.13. The van der Waals surface area contributed by atoms with E-state index in [9.17, 15) is 0 Å². The minimum absolute atomic E-state index is 0. The summed E-state index contributed by atoms with van der Waals surface area (Å²) >= 11 is 0. The molecule has 5 rings (SSSR count). The van der Waals surface area contributed by atoms with Crippen LogP contribution >= 0.6 is 12.4 Å². The second-order valence-electron chi connectivity index (χ2n) is 7.43. The van der Waals surface area contributed by atoms with E-state index < -0.39 is 0 Å². The fraction of sp³-hybridized carbons (Fsp3) is 0.304. The normalized spacial score (nSPS) is 17.2. The van der Waals surface area contributed by atoms with Gasteiger partial charge in [0.15, 0.2) is 0 Å². The molecule has 0 aliphatic heterocycles. The van der Waals surface area contributed by atoms with Crippen molar-refractivity contribution in [2.24, 2.45) is 11.7 Å². The third-order valence-electron chi connectivity index (χ3n) is 6.08. The number of nitrogens with two attached hydrogens (primary N) is 1. The van der Waals surface area contributed by atoms with Crippen molar-refractivity contribution in [2.45, 2.75) is 38.1 Å². The highest BCUT2D eigenvalue weighted by atomic mass is 35.5. The Hall–Kier alpha value is -1.83. The van der Waals surface area contributed by atoms with Gasteiger partial charge in [0.2, 0.25) is 0 Å². The maximum Gasteiger partial charge on any atom is 0.0329 e. The predicted molar refractivity (Wildman–Crippen MR) is 111 cm³/mol. The van der Waals surface area contributed by atoms with Gasteiger partial charge in [-0.2, -0.15) is 0 Å². The number of benzene rings is 4. The van der Waals surface area contributed by atoms with Gasteiger partial charge in [0.1, 0.15) is 0 Å². The summed E-state index contributed by atoms with van der Waals surface area (Å²) in [5.74, 6) is 0.636. The van der Waals surface area contributed by atoms with Crippen LogP contribution in [0.2, 0.25) is 0 Å². The molecule has 128 valence electrons. The molecule has 0 unspecified atom stereocenters. The van der Waals surface area contributed by atoms with Crippen LogP contribution < -0.4 is 5.73 Å². The van der Waals surface area contributed by atoms with E-state index in [4.69, 9.17) is 5.73 Å². The molecule has 0 radical (unpaired) electrons. The lowest BCUT2D eigenvalue weighted by molar-refractivity contribution is 0.309. The van der Waals surface area contributed by atoms with Gasteiger partial charge in [0, 0.05) is 6.04 Å². The monoisotopic (exact) mass is 349 g/mol. The smallest absolute Gasteiger partial charge is 0.0329 e. The maximum absolute atomic E-state index is 6.77. The Kier molecular flexibility index (Phi) is 4.31. The van der Waals surface area contributed by atoms with E-state index in [2.05, 4.69) is 54.6 Å². The quantitative estimate of drug-likeness (QED) is 0.406. The highest BCUT2D eigenvalue weighted by Gasteiger charge is 2.24. The van der Waals surface area contributed by atoms with Gasteiger partial charge in [-0.15, -0.1) is 12.4 Å². The standard InChI is InChI=1S/C23H23N.ClH/c24-23(18-5-2-1-3-6-18)20-14-12-17-10-9-15-7-4-8-16-11-13-19(20)22(17)21(15)16;/h4,7-14,18,23H,1-3,5-6,24H2;1H/t23-;/m1./s1. The summed E-state index contributed by atoms with van der Waals surface area (Å²) in [6.45, 7) is 0. The van der Waals surface area contributed by atoms with Crippen molar-refractivity contribution in [2.75, 3.05) is 0 Å². The Labute approximate surface area is 154 Å². The fourth-order valence-electron chi connectivity index (χ4n) is 4.80. The average molecular weight is 350 g/mol. The Bertz CT molecular complexity index is 1000. The number of hydrogen-bond acceptors (Lipinski definition) is 1. The minimum atomic E-state index is 0. The van der Waals surface area contributed by atoms with Gasteiger partial charge in [0.05, 0.1) is 0 Å². The second kappa shape index (κ2) is 6.48. The zero-order chi connectivity index (χ0) is 16.1. The average Bonchev–Trinajstić information content (AvgIpc) is 2.66. The SMILES string of the molecule is Cl.N[C@@H](c1ccc2ccc3cccc4ccc1c2c34)C1CCCCC1. The highest BCUT2D eigenvalue weighted by Crippen LogP contribution is 2.40. The first-order chi connectivity index (χ1) is 11.8. The first kappa shape index (κ1) is 16.6. The van der Waals surface area contributed by atoms with Crippen LogP contribution in [-0.4, -0.2) is 0 Å². The summed E-state index contributed by atoms with van der Waals surface area (Å²) in [5.41, 5.74) is 8.11. The Balaban J connectivity index is 0.00000157. The van der Waals surface area contributed by atoms with Crippen LogP contribution in [0.15, 0.2) is 54.6 Å². The molecule has 0 saturated heterocycles. The van der Waals surface area contributed by atoms with E-state index in [1.54, 1.807) is 0 Å². The molecule has 0 bridgehead atoms. The van der Waals surface area contributed by atoms with Crippen molar-refractivity contribution in [3.63, 3.8) is 0 Å². The van der Waals surface area contributed by atoms with E-state index in [0.29, 0.717) is 5.92 Å². The van der Waals surface area contributed by atoms with Crippen molar-refractivity contribution in [1.29, 1.82) is 0 Å². The van der Waals surface area contributed by atoms with Gasteiger partial charge in [-0.25, -0.2) is 0 Å². The number of rotatable bonds is 2. The Morgan fingerprint density at radius 1 is 0.720 bits per heavy atom. The minimum Gasteiger partial charge on any atom is -0.324 e. The van der Waals surface area contributed by atoms with E-state index >= 15 is 0 Å². The third-order valence-corrected chi connectivity index (χ3v) is 6.08. The zero-order valence-corrected chi connectivity index (χ0v) is 15.2. The van der Waals surface area contributed by atoms with Crippen LogP contribution in [-0.2, 0) is 0 Å². The van der Waals surface area contributed by atoms with Crippen LogP contribution in [0, 0.1) is 5.92 Å². The molecule has 4 aromatic carbocycles. The first-order valence-electron chi connectivity index (χ1n) is 9.25. The van der Waals surface area contributed by atoms with Gasteiger partial charge >= 0.3 is 0 Å². The predicted octanol–water partition coefficient (Wildman–Crippen LogP) is 6.59. The molecule has 1 atom stereocenters.